The molecular weight excluding hydrogens is 429 g/mol. The highest BCUT2D eigenvalue weighted by Gasteiger charge is 2.30. The molecule has 0 bridgehead atoms. The van der Waals surface area contributed by atoms with E-state index in [4.69, 9.17) is 11.6 Å². The van der Waals surface area contributed by atoms with Crippen LogP contribution in [0.1, 0.15) is 41.6 Å². The lowest BCUT2D eigenvalue weighted by Crippen LogP contribution is -2.50. The van der Waals surface area contributed by atoms with Gasteiger partial charge in [0.15, 0.2) is 0 Å². The highest BCUT2D eigenvalue weighted by Crippen LogP contribution is 2.21. The van der Waals surface area contributed by atoms with E-state index in [0.29, 0.717) is 18.7 Å². The Kier molecular flexibility index (Phi) is 7.43. The number of benzene rings is 2. The van der Waals surface area contributed by atoms with Crippen molar-refractivity contribution in [2.24, 2.45) is 5.92 Å². The van der Waals surface area contributed by atoms with Crippen LogP contribution >= 0.6 is 11.6 Å². The number of carbonyl (C=O) groups excluding carboxylic acids is 2. The molecule has 2 heterocycles. The first-order valence-electron chi connectivity index (χ1n) is 11.3. The summed E-state index contributed by atoms with van der Waals surface area (Å²) in [6.45, 7) is 3.81. The second kappa shape index (κ2) is 10.5. The zero-order valence-corrected chi connectivity index (χ0v) is 18.9. The third-order valence-corrected chi connectivity index (χ3v) is 6.68. The predicted molar refractivity (Wildman–Crippen MR) is 123 cm³/mol. The molecule has 32 heavy (non-hydrogen) atoms. The van der Waals surface area contributed by atoms with E-state index in [-0.39, 0.29) is 29.6 Å². The zero-order chi connectivity index (χ0) is 22.5. The highest BCUT2D eigenvalue weighted by molar-refractivity contribution is 6.30. The molecule has 0 radical (unpaired) electrons. The lowest BCUT2D eigenvalue weighted by Gasteiger charge is -2.35. The number of nitrogens with one attached hydrogen (secondary N) is 1. The number of likely N-dealkylation sites (tertiary alicyclic amines) is 2. The first kappa shape index (κ1) is 22.7. The van der Waals surface area contributed by atoms with Crippen LogP contribution in [0.4, 0.5) is 4.39 Å². The largest absolute Gasteiger partial charge is 0.353 e. The van der Waals surface area contributed by atoms with Crippen LogP contribution in [0.25, 0.3) is 0 Å². The van der Waals surface area contributed by atoms with E-state index in [2.05, 4.69) is 22.3 Å². The minimum Gasteiger partial charge on any atom is -0.353 e. The zero-order valence-electron chi connectivity index (χ0n) is 18.1. The lowest BCUT2D eigenvalue weighted by molar-refractivity contribution is -0.127. The number of nitrogens with zero attached hydrogens (tertiary/aromatic N) is 2. The van der Waals surface area contributed by atoms with Gasteiger partial charge in [0.25, 0.3) is 5.91 Å². The quantitative estimate of drug-likeness (QED) is 0.735. The second-order valence-electron chi connectivity index (χ2n) is 8.78. The van der Waals surface area contributed by atoms with Gasteiger partial charge in [-0.05, 0) is 67.6 Å². The number of hydrogen-bond acceptors (Lipinski definition) is 3. The molecule has 4 rings (SSSR count). The Labute approximate surface area is 193 Å². The summed E-state index contributed by atoms with van der Waals surface area (Å²) >= 11 is 5.96. The Hall–Kier alpha value is -2.44. The van der Waals surface area contributed by atoms with E-state index in [9.17, 15) is 14.0 Å². The first-order chi connectivity index (χ1) is 15.5. The average molecular weight is 458 g/mol. The molecule has 1 atom stereocenters. The van der Waals surface area contributed by atoms with Crippen molar-refractivity contribution < 1.29 is 14.0 Å². The van der Waals surface area contributed by atoms with Crippen molar-refractivity contribution in [3.05, 3.63) is 70.5 Å². The standard InChI is InChI=1S/C25H29ClFN3O2/c26-21-7-3-18(4-8-21)16-29-14-11-23(12-15-29)28-24(31)20-2-1-13-30(17-20)25(32)19-5-9-22(27)10-6-19/h3-10,20,23H,1-2,11-17H2,(H,28,31). The predicted octanol–water partition coefficient (Wildman–Crippen LogP) is 4.11. The molecule has 5 nitrogen and oxygen atoms in total. The van der Waals surface area contributed by atoms with Crippen LogP contribution in [0.15, 0.2) is 48.5 Å². The van der Waals surface area contributed by atoms with Crippen molar-refractivity contribution in [2.45, 2.75) is 38.3 Å². The number of piperidine rings is 2. The number of carbonyl (C=O) groups is 2. The van der Waals surface area contributed by atoms with Crippen LogP contribution in [0.5, 0.6) is 0 Å². The van der Waals surface area contributed by atoms with Gasteiger partial charge in [-0.3, -0.25) is 14.5 Å². The third kappa shape index (κ3) is 5.87. The Morgan fingerprint density at radius 1 is 0.969 bits per heavy atom. The summed E-state index contributed by atoms with van der Waals surface area (Å²) in [5, 5.41) is 3.96. The van der Waals surface area contributed by atoms with E-state index < -0.39 is 0 Å². The van der Waals surface area contributed by atoms with Crippen molar-refractivity contribution in [1.29, 1.82) is 0 Å². The van der Waals surface area contributed by atoms with Gasteiger partial charge in [0.1, 0.15) is 5.82 Å². The maximum Gasteiger partial charge on any atom is 0.253 e. The number of rotatable bonds is 5. The summed E-state index contributed by atoms with van der Waals surface area (Å²) in [6.07, 6.45) is 3.42. The third-order valence-electron chi connectivity index (χ3n) is 6.42. The molecule has 0 spiro atoms. The maximum atomic E-state index is 13.1. The molecule has 2 saturated heterocycles. The molecular formula is C25H29ClFN3O2. The summed E-state index contributed by atoms with van der Waals surface area (Å²) in [5.41, 5.74) is 1.70. The average Bonchev–Trinajstić information content (AvgIpc) is 2.82. The Morgan fingerprint density at radius 2 is 1.66 bits per heavy atom. The van der Waals surface area contributed by atoms with E-state index in [1.165, 1.54) is 29.8 Å². The fraction of sp³-hybridized carbons (Fsp3) is 0.440. The van der Waals surface area contributed by atoms with Gasteiger partial charge in [-0.25, -0.2) is 4.39 Å². The normalized spacial score (nSPS) is 20.2. The Balaban J connectivity index is 1.24. The van der Waals surface area contributed by atoms with Crippen LogP contribution in [0, 0.1) is 11.7 Å². The molecule has 1 N–H and O–H groups in total. The van der Waals surface area contributed by atoms with Gasteiger partial charge < -0.3 is 10.2 Å². The fourth-order valence-corrected chi connectivity index (χ4v) is 4.68. The van der Waals surface area contributed by atoms with Crippen LogP contribution in [0.2, 0.25) is 5.02 Å². The molecule has 2 aliphatic heterocycles. The van der Waals surface area contributed by atoms with Gasteiger partial charge in [-0.15, -0.1) is 0 Å². The topological polar surface area (TPSA) is 52.7 Å². The Bertz CT molecular complexity index is 927. The number of halogens is 2. The molecule has 0 aliphatic carbocycles. The van der Waals surface area contributed by atoms with Gasteiger partial charge in [-0.2, -0.15) is 0 Å². The number of amides is 2. The van der Waals surface area contributed by atoms with Crippen molar-refractivity contribution >= 4 is 23.4 Å². The summed E-state index contributed by atoms with van der Waals surface area (Å²) in [6, 6.07) is 13.7. The van der Waals surface area contributed by atoms with E-state index >= 15 is 0 Å². The molecule has 2 fully saturated rings. The molecule has 7 heteroatoms. The molecule has 1 unspecified atom stereocenters. The molecule has 2 aromatic rings. The summed E-state index contributed by atoms with van der Waals surface area (Å²) in [7, 11) is 0. The van der Waals surface area contributed by atoms with Gasteiger partial charge >= 0.3 is 0 Å². The minimum atomic E-state index is -0.364. The molecule has 170 valence electrons. The summed E-state index contributed by atoms with van der Waals surface area (Å²) < 4.78 is 13.1. The van der Waals surface area contributed by atoms with Gasteiger partial charge in [0, 0.05) is 49.4 Å². The van der Waals surface area contributed by atoms with E-state index in [1.807, 2.05) is 12.1 Å². The molecule has 2 amide bonds. The highest BCUT2D eigenvalue weighted by atomic mass is 35.5. The summed E-state index contributed by atoms with van der Waals surface area (Å²) in [5.74, 6) is -0.660. The number of hydrogen-bond donors (Lipinski definition) is 1. The monoisotopic (exact) mass is 457 g/mol. The van der Waals surface area contributed by atoms with Crippen molar-refractivity contribution in [3.8, 4) is 0 Å². The smallest absolute Gasteiger partial charge is 0.253 e. The van der Waals surface area contributed by atoms with E-state index in [0.717, 1.165) is 50.3 Å². The minimum absolute atomic E-state index is 0.0396. The van der Waals surface area contributed by atoms with Gasteiger partial charge in [0.05, 0.1) is 5.92 Å². The summed E-state index contributed by atoms with van der Waals surface area (Å²) in [4.78, 5) is 29.7. The molecule has 0 saturated carbocycles. The van der Waals surface area contributed by atoms with Crippen LogP contribution in [-0.4, -0.2) is 53.8 Å². The van der Waals surface area contributed by atoms with Crippen molar-refractivity contribution in [3.63, 3.8) is 0 Å². The van der Waals surface area contributed by atoms with Crippen LogP contribution in [-0.2, 0) is 11.3 Å². The molecule has 0 aromatic heterocycles. The molecule has 2 aromatic carbocycles. The molecule has 2 aliphatic rings. The van der Waals surface area contributed by atoms with Gasteiger partial charge in [-0.1, -0.05) is 23.7 Å². The van der Waals surface area contributed by atoms with Crippen LogP contribution < -0.4 is 5.32 Å². The fourth-order valence-electron chi connectivity index (χ4n) is 4.55. The lowest BCUT2D eigenvalue weighted by atomic mass is 9.95. The second-order valence-corrected chi connectivity index (χ2v) is 9.22. The maximum absolute atomic E-state index is 13.1. The first-order valence-corrected chi connectivity index (χ1v) is 11.7. The van der Waals surface area contributed by atoms with Gasteiger partial charge in [0.2, 0.25) is 5.91 Å². The Morgan fingerprint density at radius 3 is 2.34 bits per heavy atom. The van der Waals surface area contributed by atoms with Crippen molar-refractivity contribution in [2.75, 3.05) is 26.2 Å². The SMILES string of the molecule is O=C(NC1CCN(Cc2ccc(Cl)cc2)CC1)C1CCCN(C(=O)c2ccc(F)cc2)C1. The van der Waals surface area contributed by atoms with Crippen molar-refractivity contribution in [1.82, 2.24) is 15.1 Å². The van der Waals surface area contributed by atoms with Crippen LogP contribution in [0.3, 0.4) is 0 Å². The van der Waals surface area contributed by atoms with E-state index in [1.54, 1.807) is 4.90 Å².